The van der Waals surface area contributed by atoms with Crippen LogP contribution < -0.4 is 11.3 Å². The molecule has 6 nitrogen and oxygen atoms in total. The number of nitrogens with two attached hydrogens (primary N) is 1. The Balaban J connectivity index is 0.000000277. The van der Waals surface area contributed by atoms with Gasteiger partial charge in [-0.1, -0.05) is 41.4 Å². The van der Waals surface area contributed by atoms with E-state index in [-0.39, 0.29) is 5.56 Å². The summed E-state index contributed by atoms with van der Waals surface area (Å²) in [6.45, 7) is 3.30. The minimum absolute atomic E-state index is 0.166. The third-order valence-electron chi connectivity index (χ3n) is 3.47. The number of rotatable bonds is 3. The molecule has 24 heavy (non-hydrogen) atoms. The molecule has 9 heteroatoms. The van der Waals surface area contributed by atoms with Crippen molar-refractivity contribution in [1.29, 1.82) is 0 Å². The van der Waals surface area contributed by atoms with Gasteiger partial charge in [-0.25, -0.2) is 4.68 Å². The Morgan fingerprint density at radius 3 is 2.00 bits per heavy atom. The van der Waals surface area contributed by atoms with E-state index in [1.807, 2.05) is 44.3 Å². The van der Waals surface area contributed by atoms with Crippen molar-refractivity contribution in [3.8, 4) is 5.69 Å². The van der Waals surface area contributed by atoms with Gasteiger partial charge in [-0.05, 0) is 26.0 Å². The van der Waals surface area contributed by atoms with Gasteiger partial charge >= 0.3 is 0 Å². The molecule has 0 spiro atoms. The fraction of sp³-hybridized carbons (Fsp3) is 0.400. The summed E-state index contributed by atoms with van der Waals surface area (Å²) in [6.07, 6.45) is -1.81. The number of alkyl halides is 3. The van der Waals surface area contributed by atoms with E-state index in [2.05, 4.69) is 0 Å². The highest BCUT2D eigenvalue weighted by Crippen LogP contribution is 2.31. The highest BCUT2D eigenvalue weighted by molar-refractivity contribution is 6.52. The van der Waals surface area contributed by atoms with Crippen LogP contribution in [0.1, 0.15) is 12.6 Å². The van der Waals surface area contributed by atoms with E-state index in [1.165, 1.54) is 6.92 Å². The van der Waals surface area contributed by atoms with Gasteiger partial charge < -0.3 is 15.9 Å². The van der Waals surface area contributed by atoms with E-state index < -0.39 is 16.0 Å². The lowest BCUT2D eigenvalue weighted by Gasteiger charge is -2.23. The van der Waals surface area contributed by atoms with Crippen LogP contribution in [0, 0.1) is 6.92 Å². The standard InChI is InChI=1S/C11H13N3O.C4H7Cl3O2/c1-8-10(12)11(15)14(13(8)2)9-6-4-3-5-7-9;1-2(5)4(6,7)3(8)9/h3-7H,12H2,1-2H3;2-3,8-9H,1H3. The molecule has 134 valence electrons. The molecule has 0 aliphatic rings. The van der Waals surface area contributed by atoms with Gasteiger partial charge in [0.05, 0.1) is 16.8 Å². The van der Waals surface area contributed by atoms with Crippen molar-refractivity contribution in [2.24, 2.45) is 7.05 Å². The lowest BCUT2D eigenvalue weighted by molar-refractivity contribution is -0.0514. The molecule has 4 N–H and O–H groups in total. The maximum absolute atomic E-state index is 11.8. The van der Waals surface area contributed by atoms with Crippen LogP contribution in [0.25, 0.3) is 5.69 Å². The van der Waals surface area contributed by atoms with Crippen LogP contribution in [0.15, 0.2) is 35.1 Å². The first kappa shape index (κ1) is 20.9. The SMILES string of the molecule is CC(Cl)C(Cl)(Cl)C(O)O.Cc1c(N)c(=O)n(-c2ccccc2)n1C. The Morgan fingerprint density at radius 2 is 1.71 bits per heavy atom. The fourth-order valence-corrected chi connectivity index (χ4v) is 1.91. The van der Waals surface area contributed by atoms with Crippen LogP contribution in [0.2, 0.25) is 0 Å². The molecule has 0 bridgehead atoms. The van der Waals surface area contributed by atoms with Crippen LogP contribution in [-0.2, 0) is 7.05 Å². The molecule has 1 aromatic heterocycles. The molecule has 0 aliphatic carbocycles. The molecule has 1 heterocycles. The monoisotopic (exact) mass is 395 g/mol. The zero-order valence-electron chi connectivity index (χ0n) is 13.4. The summed E-state index contributed by atoms with van der Waals surface area (Å²) in [7, 11) is 1.82. The number of anilines is 1. The maximum Gasteiger partial charge on any atom is 0.294 e. The number of para-hydroxylation sites is 1. The van der Waals surface area contributed by atoms with Gasteiger partial charge in [-0.15, -0.1) is 11.6 Å². The third-order valence-corrected chi connectivity index (χ3v) is 5.09. The molecule has 1 atom stereocenters. The highest BCUT2D eigenvalue weighted by atomic mass is 35.5. The van der Waals surface area contributed by atoms with Crippen molar-refractivity contribution < 1.29 is 10.2 Å². The summed E-state index contributed by atoms with van der Waals surface area (Å²) >= 11 is 16.1. The normalized spacial score (nSPS) is 12.7. The number of aliphatic hydroxyl groups is 2. The number of benzene rings is 1. The fourth-order valence-electron chi connectivity index (χ4n) is 1.79. The second kappa shape index (κ2) is 8.27. The molecule has 0 fully saturated rings. The molecule has 1 unspecified atom stereocenters. The smallest absolute Gasteiger partial charge is 0.294 e. The zero-order chi connectivity index (χ0) is 18.7. The van der Waals surface area contributed by atoms with E-state index in [1.54, 1.807) is 9.36 Å². The first-order valence-electron chi connectivity index (χ1n) is 6.99. The maximum atomic E-state index is 11.8. The van der Waals surface area contributed by atoms with Crippen molar-refractivity contribution in [2.45, 2.75) is 29.8 Å². The second-order valence-electron chi connectivity index (χ2n) is 5.14. The first-order chi connectivity index (χ1) is 11.0. The van der Waals surface area contributed by atoms with Crippen molar-refractivity contribution in [2.75, 3.05) is 5.73 Å². The second-order valence-corrected chi connectivity index (χ2v) is 7.24. The number of aromatic nitrogens is 2. The summed E-state index contributed by atoms with van der Waals surface area (Å²) < 4.78 is 1.64. The molecule has 1 aromatic carbocycles. The third kappa shape index (κ3) is 4.46. The summed E-state index contributed by atoms with van der Waals surface area (Å²) in [6, 6.07) is 9.44. The van der Waals surface area contributed by atoms with Crippen LogP contribution in [0.3, 0.4) is 0 Å². The van der Waals surface area contributed by atoms with E-state index in [9.17, 15) is 4.79 Å². The highest BCUT2D eigenvalue weighted by Gasteiger charge is 2.37. The Hall–Kier alpha value is -1.18. The minimum Gasteiger partial charge on any atom is -0.393 e. The summed E-state index contributed by atoms with van der Waals surface area (Å²) in [5, 5.41) is 16.2. The summed E-state index contributed by atoms with van der Waals surface area (Å²) in [5.41, 5.74) is 7.43. The van der Waals surface area contributed by atoms with Gasteiger partial charge in [0, 0.05) is 7.05 Å². The predicted molar refractivity (Wildman–Crippen MR) is 98.1 cm³/mol. The lowest BCUT2D eigenvalue weighted by atomic mass is 10.3. The quantitative estimate of drug-likeness (QED) is 0.547. The zero-order valence-corrected chi connectivity index (χ0v) is 15.7. The molecule has 0 amide bonds. The van der Waals surface area contributed by atoms with Crippen molar-refractivity contribution >= 4 is 40.5 Å². The summed E-state index contributed by atoms with van der Waals surface area (Å²) in [5.74, 6) is 0. The average molecular weight is 397 g/mol. The van der Waals surface area contributed by atoms with Gasteiger partial charge in [0.1, 0.15) is 5.69 Å². The van der Waals surface area contributed by atoms with Gasteiger partial charge in [0.25, 0.3) is 5.56 Å². The predicted octanol–water partition coefficient (Wildman–Crippen LogP) is 2.16. The molecule has 0 radical (unpaired) electrons. The van der Waals surface area contributed by atoms with Gasteiger partial charge in [0.2, 0.25) is 0 Å². The van der Waals surface area contributed by atoms with Crippen molar-refractivity contribution in [3.05, 3.63) is 46.4 Å². The number of nitrogen functional groups attached to an aromatic ring is 1. The lowest BCUT2D eigenvalue weighted by Crippen LogP contribution is -2.37. The number of hydrogen-bond acceptors (Lipinski definition) is 4. The van der Waals surface area contributed by atoms with Crippen LogP contribution in [0.4, 0.5) is 5.69 Å². The Kier molecular flexibility index (Phi) is 7.19. The van der Waals surface area contributed by atoms with Crippen molar-refractivity contribution in [3.63, 3.8) is 0 Å². The Labute approximate surface area is 155 Å². The molecule has 0 aliphatic heterocycles. The van der Waals surface area contributed by atoms with Crippen LogP contribution >= 0.6 is 34.8 Å². The number of hydrogen-bond donors (Lipinski definition) is 3. The summed E-state index contributed by atoms with van der Waals surface area (Å²) in [4.78, 5) is 11.8. The number of halogens is 3. The van der Waals surface area contributed by atoms with E-state index in [0.717, 1.165) is 11.4 Å². The number of aliphatic hydroxyl groups excluding tert-OH is 1. The molecule has 2 rings (SSSR count). The molecule has 0 saturated heterocycles. The Bertz CT molecular complexity index is 715. The number of nitrogens with zero attached hydrogens (tertiary/aromatic N) is 2. The Morgan fingerprint density at radius 1 is 1.21 bits per heavy atom. The molecular formula is C15H20Cl3N3O3. The van der Waals surface area contributed by atoms with Crippen molar-refractivity contribution in [1.82, 2.24) is 9.36 Å². The molecule has 2 aromatic rings. The molecular weight excluding hydrogens is 377 g/mol. The minimum atomic E-state index is -1.81. The van der Waals surface area contributed by atoms with Gasteiger partial charge in [-0.3, -0.25) is 9.48 Å². The van der Waals surface area contributed by atoms with Gasteiger partial charge in [-0.2, -0.15) is 0 Å². The average Bonchev–Trinajstić information content (AvgIpc) is 2.72. The largest absolute Gasteiger partial charge is 0.393 e. The van der Waals surface area contributed by atoms with E-state index >= 15 is 0 Å². The van der Waals surface area contributed by atoms with Crippen LogP contribution in [-0.4, -0.2) is 35.6 Å². The molecule has 0 saturated carbocycles. The van der Waals surface area contributed by atoms with Gasteiger partial charge in [0.15, 0.2) is 10.6 Å². The van der Waals surface area contributed by atoms with E-state index in [0.29, 0.717) is 5.69 Å². The van der Waals surface area contributed by atoms with Crippen LogP contribution in [0.5, 0.6) is 0 Å². The first-order valence-corrected chi connectivity index (χ1v) is 8.18. The topological polar surface area (TPSA) is 93.4 Å². The van der Waals surface area contributed by atoms with E-state index in [4.69, 9.17) is 50.7 Å².